The molecule has 4 rings (SSSR count). The van der Waals surface area contributed by atoms with Crippen LogP contribution < -0.4 is 10.2 Å². The number of sulfone groups is 1. The lowest BCUT2D eigenvalue weighted by atomic mass is 10.1. The topological polar surface area (TPSA) is 66.5 Å². The SMILES string of the molecule is O=C(Nc1c(F)cccc1N1CCCC1)c1ccc(CS(=O)(=O)c2ccccc2)cc1. The van der Waals surface area contributed by atoms with Crippen LogP contribution in [-0.2, 0) is 15.6 Å². The van der Waals surface area contributed by atoms with Gasteiger partial charge in [-0.3, -0.25) is 4.79 Å². The Bertz CT molecular complexity index is 1170. The fourth-order valence-electron chi connectivity index (χ4n) is 3.73. The first-order valence-corrected chi connectivity index (χ1v) is 11.8. The molecule has 1 aliphatic rings. The zero-order valence-electron chi connectivity index (χ0n) is 16.9. The van der Waals surface area contributed by atoms with E-state index in [-0.39, 0.29) is 16.3 Å². The lowest BCUT2D eigenvalue weighted by Gasteiger charge is -2.22. The maximum atomic E-state index is 14.5. The Kier molecular flexibility index (Phi) is 6.04. The summed E-state index contributed by atoms with van der Waals surface area (Å²) in [6.45, 7) is 1.66. The fraction of sp³-hybridized carbons (Fsp3) is 0.208. The van der Waals surface area contributed by atoms with Crippen molar-refractivity contribution in [1.82, 2.24) is 0 Å². The van der Waals surface area contributed by atoms with Crippen molar-refractivity contribution < 1.29 is 17.6 Å². The number of halogens is 1. The Morgan fingerprint density at radius 3 is 2.26 bits per heavy atom. The molecular weight excluding hydrogens is 415 g/mol. The van der Waals surface area contributed by atoms with Gasteiger partial charge in [0, 0.05) is 18.7 Å². The highest BCUT2D eigenvalue weighted by Crippen LogP contribution is 2.31. The van der Waals surface area contributed by atoms with Crippen molar-refractivity contribution in [2.45, 2.75) is 23.5 Å². The standard InChI is InChI=1S/C24H23FN2O3S/c25-21-9-6-10-22(27-15-4-5-16-27)23(21)26-24(28)19-13-11-18(12-14-19)17-31(29,30)20-7-2-1-3-8-20/h1-3,6-14H,4-5,15-17H2,(H,26,28). The number of anilines is 2. The first kappa shape index (κ1) is 21.1. The lowest BCUT2D eigenvalue weighted by Crippen LogP contribution is -2.22. The van der Waals surface area contributed by atoms with Crippen LogP contribution in [0.4, 0.5) is 15.8 Å². The van der Waals surface area contributed by atoms with Gasteiger partial charge in [0.2, 0.25) is 0 Å². The van der Waals surface area contributed by atoms with Gasteiger partial charge in [0.1, 0.15) is 11.5 Å². The Balaban J connectivity index is 1.50. The lowest BCUT2D eigenvalue weighted by molar-refractivity contribution is 0.102. The zero-order valence-corrected chi connectivity index (χ0v) is 17.7. The van der Waals surface area contributed by atoms with E-state index in [4.69, 9.17) is 0 Å². The molecule has 0 atom stereocenters. The molecule has 31 heavy (non-hydrogen) atoms. The molecule has 0 aromatic heterocycles. The van der Waals surface area contributed by atoms with Crippen LogP contribution in [0.15, 0.2) is 77.7 Å². The summed E-state index contributed by atoms with van der Waals surface area (Å²) in [4.78, 5) is 15.1. The van der Waals surface area contributed by atoms with Gasteiger partial charge in [0.15, 0.2) is 9.84 Å². The molecule has 3 aromatic carbocycles. The summed E-state index contributed by atoms with van der Waals surface area (Å²) in [5, 5.41) is 2.69. The summed E-state index contributed by atoms with van der Waals surface area (Å²) in [6.07, 6.45) is 2.08. The number of nitrogens with zero attached hydrogens (tertiary/aromatic N) is 1. The third-order valence-electron chi connectivity index (χ3n) is 5.35. The van der Waals surface area contributed by atoms with E-state index in [0.29, 0.717) is 16.8 Å². The average molecular weight is 439 g/mol. The van der Waals surface area contributed by atoms with E-state index in [9.17, 15) is 17.6 Å². The molecule has 7 heteroatoms. The summed E-state index contributed by atoms with van der Waals surface area (Å²) in [5.74, 6) is -1.09. The van der Waals surface area contributed by atoms with Crippen molar-refractivity contribution in [3.05, 3.63) is 89.7 Å². The quantitative estimate of drug-likeness (QED) is 0.608. The van der Waals surface area contributed by atoms with Crippen molar-refractivity contribution in [1.29, 1.82) is 0 Å². The van der Waals surface area contributed by atoms with Crippen LogP contribution in [0.1, 0.15) is 28.8 Å². The Labute approximate surface area is 181 Å². The van der Waals surface area contributed by atoms with Gasteiger partial charge in [-0.05, 0) is 54.8 Å². The van der Waals surface area contributed by atoms with E-state index in [2.05, 4.69) is 10.2 Å². The highest BCUT2D eigenvalue weighted by molar-refractivity contribution is 7.90. The summed E-state index contributed by atoms with van der Waals surface area (Å²) < 4.78 is 39.6. The van der Waals surface area contributed by atoms with E-state index >= 15 is 0 Å². The van der Waals surface area contributed by atoms with E-state index in [1.807, 2.05) is 6.07 Å². The molecule has 1 N–H and O–H groups in total. The molecule has 0 unspecified atom stereocenters. The van der Waals surface area contributed by atoms with Gasteiger partial charge in [-0.15, -0.1) is 0 Å². The number of amides is 1. The molecule has 1 aliphatic heterocycles. The van der Waals surface area contributed by atoms with Crippen molar-refractivity contribution in [2.75, 3.05) is 23.3 Å². The third-order valence-corrected chi connectivity index (χ3v) is 7.06. The minimum Gasteiger partial charge on any atom is -0.370 e. The van der Waals surface area contributed by atoms with Crippen LogP contribution in [0.5, 0.6) is 0 Å². The second-order valence-corrected chi connectivity index (χ2v) is 9.54. The van der Waals surface area contributed by atoms with E-state index in [1.54, 1.807) is 60.7 Å². The number of carbonyl (C=O) groups is 1. The first-order valence-electron chi connectivity index (χ1n) is 10.2. The molecule has 0 aliphatic carbocycles. The van der Waals surface area contributed by atoms with Gasteiger partial charge in [-0.25, -0.2) is 12.8 Å². The monoisotopic (exact) mass is 438 g/mol. The highest BCUT2D eigenvalue weighted by atomic mass is 32.2. The van der Waals surface area contributed by atoms with Crippen LogP contribution >= 0.6 is 0 Å². The number of hydrogen-bond donors (Lipinski definition) is 1. The number of carbonyl (C=O) groups excluding carboxylic acids is 1. The Morgan fingerprint density at radius 2 is 1.58 bits per heavy atom. The molecular formula is C24H23FN2O3S. The molecule has 160 valence electrons. The molecule has 0 spiro atoms. The molecule has 0 saturated carbocycles. The number of nitrogens with one attached hydrogen (secondary N) is 1. The molecule has 1 fully saturated rings. The molecule has 0 bridgehead atoms. The zero-order chi connectivity index (χ0) is 21.8. The number of para-hydroxylation sites is 1. The maximum absolute atomic E-state index is 14.5. The Morgan fingerprint density at radius 1 is 0.903 bits per heavy atom. The van der Waals surface area contributed by atoms with Crippen LogP contribution in [0.25, 0.3) is 0 Å². The minimum atomic E-state index is -3.47. The van der Waals surface area contributed by atoms with Gasteiger partial charge in [0.05, 0.1) is 16.3 Å². The summed E-state index contributed by atoms with van der Waals surface area (Å²) >= 11 is 0. The smallest absolute Gasteiger partial charge is 0.255 e. The van der Waals surface area contributed by atoms with E-state index in [0.717, 1.165) is 25.9 Å². The predicted molar refractivity (Wildman–Crippen MR) is 120 cm³/mol. The maximum Gasteiger partial charge on any atom is 0.255 e. The van der Waals surface area contributed by atoms with Crippen molar-refractivity contribution in [2.24, 2.45) is 0 Å². The third kappa shape index (κ3) is 4.77. The Hall–Kier alpha value is -3.19. The number of rotatable bonds is 6. The van der Waals surface area contributed by atoms with Crippen molar-refractivity contribution >= 4 is 27.1 Å². The van der Waals surface area contributed by atoms with Gasteiger partial charge in [-0.2, -0.15) is 0 Å². The number of hydrogen-bond acceptors (Lipinski definition) is 4. The van der Waals surface area contributed by atoms with Gasteiger partial charge < -0.3 is 10.2 Å². The van der Waals surface area contributed by atoms with Crippen LogP contribution in [0.2, 0.25) is 0 Å². The number of benzene rings is 3. The molecule has 3 aromatic rings. The minimum absolute atomic E-state index is 0.161. The molecule has 0 radical (unpaired) electrons. The van der Waals surface area contributed by atoms with Gasteiger partial charge >= 0.3 is 0 Å². The van der Waals surface area contributed by atoms with E-state index in [1.165, 1.54) is 6.07 Å². The normalized spacial score (nSPS) is 13.9. The molecule has 1 saturated heterocycles. The predicted octanol–water partition coefficient (Wildman–Crippen LogP) is 4.65. The molecule has 1 heterocycles. The first-order chi connectivity index (χ1) is 14.9. The van der Waals surface area contributed by atoms with Crippen LogP contribution in [-0.4, -0.2) is 27.4 Å². The van der Waals surface area contributed by atoms with Gasteiger partial charge in [-0.1, -0.05) is 36.4 Å². The van der Waals surface area contributed by atoms with Gasteiger partial charge in [0.25, 0.3) is 5.91 Å². The van der Waals surface area contributed by atoms with Crippen LogP contribution in [0.3, 0.4) is 0 Å². The largest absolute Gasteiger partial charge is 0.370 e. The molecule has 5 nitrogen and oxygen atoms in total. The highest BCUT2D eigenvalue weighted by Gasteiger charge is 2.20. The summed E-state index contributed by atoms with van der Waals surface area (Å²) in [6, 6.07) is 19.3. The van der Waals surface area contributed by atoms with Crippen molar-refractivity contribution in [3.8, 4) is 0 Å². The van der Waals surface area contributed by atoms with E-state index < -0.39 is 21.6 Å². The second-order valence-electron chi connectivity index (χ2n) is 7.55. The summed E-state index contributed by atoms with van der Waals surface area (Å²) in [7, 11) is -3.47. The average Bonchev–Trinajstić information content (AvgIpc) is 3.31. The molecule has 1 amide bonds. The van der Waals surface area contributed by atoms with Crippen molar-refractivity contribution in [3.63, 3.8) is 0 Å². The second kappa shape index (κ2) is 8.89. The fourth-order valence-corrected chi connectivity index (χ4v) is 5.10. The van der Waals surface area contributed by atoms with Crippen LogP contribution in [0, 0.1) is 5.82 Å². The summed E-state index contributed by atoms with van der Waals surface area (Å²) in [5.41, 5.74) is 1.75.